The Morgan fingerprint density at radius 2 is 2.00 bits per heavy atom. The topological polar surface area (TPSA) is 87.6 Å². The summed E-state index contributed by atoms with van der Waals surface area (Å²) in [5.74, 6) is -2.32. The predicted molar refractivity (Wildman–Crippen MR) is 58.9 cm³/mol. The number of rotatable bonds is 3. The van der Waals surface area contributed by atoms with E-state index in [2.05, 4.69) is 4.98 Å². The number of amides is 2. The lowest BCUT2D eigenvalue weighted by atomic mass is 10.1. The number of aromatic nitrogens is 1. The number of carbonyl (C=O) groups excluding carboxylic acids is 2. The highest BCUT2D eigenvalue weighted by Crippen LogP contribution is 2.38. The number of hydrogen-bond donors (Lipinski definition) is 1. The van der Waals surface area contributed by atoms with Gasteiger partial charge >= 0.3 is 5.97 Å². The van der Waals surface area contributed by atoms with Gasteiger partial charge in [0.1, 0.15) is 6.04 Å². The third-order valence-corrected chi connectivity index (χ3v) is 3.32. The Morgan fingerprint density at radius 1 is 1.33 bits per heavy atom. The van der Waals surface area contributed by atoms with Crippen LogP contribution in [0.5, 0.6) is 0 Å². The summed E-state index contributed by atoms with van der Waals surface area (Å²) in [6.07, 6.45) is 4.20. The van der Waals surface area contributed by atoms with Crippen molar-refractivity contribution >= 4 is 17.8 Å². The Labute approximate surface area is 102 Å². The molecule has 1 fully saturated rings. The second-order valence-corrected chi connectivity index (χ2v) is 4.52. The van der Waals surface area contributed by atoms with Crippen molar-refractivity contribution in [2.24, 2.45) is 5.92 Å². The van der Waals surface area contributed by atoms with E-state index in [0.717, 1.165) is 17.7 Å². The van der Waals surface area contributed by atoms with Gasteiger partial charge in [-0.05, 0) is 24.8 Å². The summed E-state index contributed by atoms with van der Waals surface area (Å²) in [5, 5.41) is 9.20. The summed E-state index contributed by atoms with van der Waals surface area (Å²) >= 11 is 0. The van der Waals surface area contributed by atoms with E-state index in [9.17, 15) is 19.5 Å². The molecular weight excluding hydrogens is 236 g/mol. The molecule has 0 saturated heterocycles. The molecule has 1 N–H and O–H groups in total. The molecule has 1 aliphatic carbocycles. The van der Waals surface area contributed by atoms with Crippen LogP contribution < -0.4 is 0 Å². The van der Waals surface area contributed by atoms with Crippen molar-refractivity contribution in [1.82, 2.24) is 9.88 Å². The summed E-state index contributed by atoms with van der Waals surface area (Å²) in [5.41, 5.74) is 0.427. The van der Waals surface area contributed by atoms with Gasteiger partial charge in [-0.2, -0.15) is 0 Å². The van der Waals surface area contributed by atoms with Crippen LogP contribution in [0.25, 0.3) is 0 Å². The Bertz CT molecular complexity index is 530. The number of carboxylic acid groups (broad SMARTS) is 1. The maximum atomic E-state index is 12.1. The molecule has 0 radical (unpaired) electrons. The third-order valence-electron chi connectivity index (χ3n) is 3.32. The van der Waals surface area contributed by atoms with E-state index in [1.165, 1.54) is 18.5 Å². The summed E-state index contributed by atoms with van der Waals surface area (Å²) in [4.78, 5) is 40.1. The maximum Gasteiger partial charge on any atom is 0.327 e. The van der Waals surface area contributed by atoms with Crippen LogP contribution in [-0.2, 0) is 4.79 Å². The van der Waals surface area contributed by atoms with Crippen LogP contribution >= 0.6 is 0 Å². The molecule has 6 heteroatoms. The van der Waals surface area contributed by atoms with E-state index in [1.807, 2.05) is 0 Å². The molecule has 6 nitrogen and oxygen atoms in total. The fourth-order valence-electron chi connectivity index (χ4n) is 2.29. The monoisotopic (exact) mass is 246 g/mol. The number of nitrogens with zero attached hydrogens (tertiary/aromatic N) is 2. The first-order valence-corrected chi connectivity index (χ1v) is 5.66. The second kappa shape index (κ2) is 3.63. The first-order chi connectivity index (χ1) is 8.61. The van der Waals surface area contributed by atoms with Crippen LogP contribution in [0.1, 0.15) is 33.6 Å². The molecule has 0 spiro atoms. The van der Waals surface area contributed by atoms with Gasteiger partial charge in [0, 0.05) is 12.4 Å². The molecule has 1 aliphatic heterocycles. The molecule has 2 aliphatic rings. The van der Waals surface area contributed by atoms with Crippen LogP contribution in [0.2, 0.25) is 0 Å². The molecule has 1 atom stereocenters. The average molecular weight is 246 g/mol. The number of hydrogen-bond acceptors (Lipinski definition) is 4. The number of carboxylic acids is 1. The quantitative estimate of drug-likeness (QED) is 0.786. The van der Waals surface area contributed by atoms with E-state index in [-0.39, 0.29) is 17.0 Å². The molecular formula is C12H10N2O4. The van der Waals surface area contributed by atoms with E-state index in [4.69, 9.17) is 0 Å². The Kier molecular flexibility index (Phi) is 2.19. The molecule has 1 aromatic heterocycles. The van der Waals surface area contributed by atoms with Crippen LogP contribution in [0.15, 0.2) is 18.5 Å². The van der Waals surface area contributed by atoms with E-state index in [0.29, 0.717) is 0 Å². The van der Waals surface area contributed by atoms with Crippen LogP contribution in [0, 0.1) is 5.92 Å². The highest BCUT2D eigenvalue weighted by Gasteiger charge is 2.49. The van der Waals surface area contributed by atoms with E-state index >= 15 is 0 Å². The number of imide groups is 1. The minimum Gasteiger partial charge on any atom is -0.480 e. The molecule has 2 heterocycles. The van der Waals surface area contributed by atoms with Gasteiger partial charge in [0.15, 0.2) is 0 Å². The molecule has 3 rings (SSSR count). The molecule has 18 heavy (non-hydrogen) atoms. The normalized spacial score (nSPS) is 19.9. The standard InChI is InChI=1S/C12H10N2O4/c15-10-7-3-4-13-5-8(7)11(16)14(10)9(12(17)18)6-1-2-6/h3-6,9H,1-2H2,(H,17,18). The summed E-state index contributed by atoms with van der Waals surface area (Å²) in [6, 6.07) is 0.402. The minimum atomic E-state index is -1.13. The fourth-order valence-corrected chi connectivity index (χ4v) is 2.29. The smallest absolute Gasteiger partial charge is 0.327 e. The van der Waals surface area contributed by atoms with E-state index in [1.54, 1.807) is 0 Å². The van der Waals surface area contributed by atoms with Crippen molar-refractivity contribution in [2.45, 2.75) is 18.9 Å². The lowest BCUT2D eigenvalue weighted by Gasteiger charge is -2.21. The number of pyridine rings is 1. The van der Waals surface area contributed by atoms with Gasteiger partial charge in [-0.3, -0.25) is 19.5 Å². The highest BCUT2D eigenvalue weighted by molar-refractivity contribution is 6.22. The summed E-state index contributed by atoms with van der Waals surface area (Å²) in [6.45, 7) is 0. The Morgan fingerprint density at radius 3 is 2.56 bits per heavy atom. The van der Waals surface area contributed by atoms with Gasteiger partial charge in [-0.1, -0.05) is 0 Å². The van der Waals surface area contributed by atoms with Crippen molar-refractivity contribution in [1.29, 1.82) is 0 Å². The summed E-state index contributed by atoms with van der Waals surface area (Å²) in [7, 11) is 0. The SMILES string of the molecule is O=C(O)C(C1CC1)N1C(=O)c2ccncc2C1=O. The van der Waals surface area contributed by atoms with Gasteiger partial charge in [0.05, 0.1) is 11.1 Å². The first-order valence-electron chi connectivity index (χ1n) is 5.66. The number of fused-ring (bicyclic) bond motifs is 1. The van der Waals surface area contributed by atoms with Crippen molar-refractivity contribution in [2.75, 3.05) is 0 Å². The lowest BCUT2D eigenvalue weighted by Crippen LogP contribution is -2.46. The zero-order valence-corrected chi connectivity index (χ0v) is 9.37. The molecule has 1 aromatic rings. The predicted octanol–water partition coefficient (Wildman–Crippen LogP) is 0.541. The lowest BCUT2D eigenvalue weighted by molar-refractivity contribution is -0.142. The highest BCUT2D eigenvalue weighted by atomic mass is 16.4. The van der Waals surface area contributed by atoms with Crippen molar-refractivity contribution in [3.63, 3.8) is 0 Å². The first kappa shape index (κ1) is 10.9. The van der Waals surface area contributed by atoms with Gasteiger partial charge in [0.2, 0.25) is 0 Å². The van der Waals surface area contributed by atoms with Crippen LogP contribution in [0.4, 0.5) is 0 Å². The largest absolute Gasteiger partial charge is 0.480 e. The molecule has 0 bridgehead atoms. The maximum absolute atomic E-state index is 12.1. The van der Waals surface area contributed by atoms with Crippen molar-refractivity contribution < 1.29 is 19.5 Å². The van der Waals surface area contributed by atoms with Gasteiger partial charge in [-0.15, -0.1) is 0 Å². The zero-order valence-electron chi connectivity index (χ0n) is 9.37. The summed E-state index contributed by atoms with van der Waals surface area (Å²) < 4.78 is 0. The van der Waals surface area contributed by atoms with Crippen molar-refractivity contribution in [3.8, 4) is 0 Å². The van der Waals surface area contributed by atoms with Gasteiger partial charge < -0.3 is 5.11 Å². The number of carbonyl (C=O) groups is 3. The molecule has 1 saturated carbocycles. The van der Waals surface area contributed by atoms with Gasteiger partial charge in [-0.25, -0.2) is 4.79 Å². The fraction of sp³-hybridized carbons (Fsp3) is 0.333. The van der Waals surface area contributed by atoms with Crippen LogP contribution in [0.3, 0.4) is 0 Å². The number of aliphatic carboxylic acids is 1. The van der Waals surface area contributed by atoms with Crippen LogP contribution in [-0.4, -0.2) is 38.8 Å². The average Bonchev–Trinajstić information content (AvgIpc) is 3.14. The second-order valence-electron chi connectivity index (χ2n) is 4.52. The van der Waals surface area contributed by atoms with Gasteiger partial charge in [0.25, 0.3) is 11.8 Å². The minimum absolute atomic E-state index is 0.113. The third kappa shape index (κ3) is 1.42. The molecule has 0 aromatic carbocycles. The molecule has 92 valence electrons. The molecule has 2 amide bonds. The Balaban J connectivity index is 2.03. The Hall–Kier alpha value is -2.24. The zero-order chi connectivity index (χ0) is 12.9. The van der Waals surface area contributed by atoms with E-state index < -0.39 is 23.8 Å². The molecule has 1 unspecified atom stereocenters. The van der Waals surface area contributed by atoms with Crippen molar-refractivity contribution in [3.05, 3.63) is 29.6 Å².